The van der Waals surface area contributed by atoms with Gasteiger partial charge in [0, 0.05) is 11.5 Å². The molecule has 0 unspecified atom stereocenters. The first-order valence-electron chi connectivity index (χ1n) is 6.12. The monoisotopic (exact) mass is 269 g/mol. The Hall–Kier alpha value is -1.06. The van der Waals surface area contributed by atoms with Gasteiger partial charge in [-0.05, 0) is 56.6 Å². The third kappa shape index (κ3) is 3.24. The second kappa shape index (κ2) is 6.76. The number of hydrogen-bond donors (Lipinski definition) is 1. The van der Waals surface area contributed by atoms with Crippen molar-refractivity contribution in [2.24, 2.45) is 5.92 Å². The van der Waals surface area contributed by atoms with Crippen molar-refractivity contribution in [1.82, 2.24) is 5.32 Å². The Labute approximate surface area is 114 Å². The second-order valence-corrected chi connectivity index (χ2v) is 4.57. The maximum absolute atomic E-state index is 12.4. The number of piperidine rings is 1. The molecule has 0 radical (unpaired) electrons. The Morgan fingerprint density at radius 3 is 2.56 bits per heavy atom. The number of hydrogen-bond acceptors (Lipinski definition) is 3. The zero-order valence-electron chi connectivity index (χ0n) is 10.9. The summed E-state index contributed by atoms with van der Waals surface area (Å²) in [6, 6.07) is 5.67. The van der Waals surface area contributed by atoms with Gasteiger partial charge in [-0.1, -0.05) is 0 Å². The smallest absolute Gasteiger partial charge is 0.166 e. The van der Waals surface area contributed by atoms with E-state index in [2.05, 4.69) is 5.32 Å². The van der Waals surface area contributed by atoms with E-state index in [4.69, 9.17) is 4.74 Å². The molecule has 1 aliphatic heterocycles. The molecule has 0 atom stereocenters. The van der Waals surface area contributed by atoms with Gasteiger partial charge in [0.1, 0.15) is 5.75 Å². The SMILES string of the molecule is COc1ccc(C(=O)C2CCNCC2)c(C)c1.Cl. The highest BCUT2D eigenvalue weighted by Gasteiger charge is 2.23. The molecule has 2 rings (SSSR count). The molecule has 1 N–H and O–H groups in total. The van der Waals surface area contributed by atoms with Gasteiger partial charge in [-0.2, -0.15) is 0 Å². The molecule has 4 heteroatoms. The number of carbonyl (C=O) groups is 1. The van der Waals surface area contributed by atoms with Crippen LogP contribution < -0.4 is 10.1 Å². The predicted molar refractivity (Wildman–Crippen MR) is 74.9 cm³/mol. The Morgan fingerprint density at radius 1 is 1.33 bits per heavy atom. The van der Waals surface area contributed by atoms with Crippen LogP contribution >= 0.6 is 12.4 Å². The molecule has 1 aromatic rings. The molecule has 1 fully saturated rings. The summed E-state index contributed by atoms with van der Waals surface area (Å²) in [7, 11) is 1.64. The minimum atomic E-state index is 0. The summed E-state index contributed by atoms with van der Waals surface area (Å²) >= 11 is 0. The summed E-state index contributed by atoms with van der Waals surface area (Å²) < 4.78 is 5.15. The molecule has 1 aliphatic rings. The number of methoxy groups -OCH3 is 1. The number of carbonyl (C=O) groups excluding carboxylic acids is 1. The number of aryl methyl sites for hydroxylation is 1. The van der Waals surface area contributed by atoms with Crippen molar-refractivity contribution < 1.29 is 9.53 Å². The van der Waals surface area contributed by atoms with E-state index in [1.807, 2.05) is 25.1 Å². The summed E-state index contributed by atoms with van der Waals surface area (Å²) in [6.45, 7) is 3.87. The highest BCUT2D eigenvalue weighted by atomic mass is 35.5. The lowest BCUT2D eigenvalue weighted by molar-refractivity contribution is 0.0894. The van der Waals surface area contributed by atoms with Gasteiger partial charge in [0.15, 0.2) is 5.78 Å². The number of halogens is 1. The molecule has 1 aromatic carbocycles. The van der Waals surface area contributed by atoms with Crippen molar-refractivity contribution in [3.63, 3.8) is 0 Å². The van der Waals surface area contributed by atoms with Crippen LogP contribution in [0.1, 0.15) is 28.8 Å². The molecule has 0 amide bonds. The van der Waals surface area contributed by atoms with Gasteiger partial charge in [-0.25, -0.2) is 0 Å². The number of ketones is 1. The van der Waals surface area contributed by atoms with Gasteiger partial charge in [0.2, 0.25) is 0 Å². The largest absolute Gasteiger partial charge is 0.497 e. The molecule has 0 saturated carbocycles. The fourth-order valence-corrected chi connectivity index (χ4v) is 2.34. The maximum Gasteiger partial charge on any atom is 0.166 e. The summed E-state index contributed by atoms with van der Waals surface area (Å²) in [5.74, 6) is 1.28. The van der Waals surface area contributed by atoms with Crippen LogP contribution in [0.2, 0.25) is 0 Å². The molecule has 100 valence electrons. The minimum Gasteiger partial charge on any atom is -0.497 e. The third-order valence-electron chi connectivity index (χ3n) is 3.41. The molecule has 0 aromatic heterocycles. The normalized spacial score (nSPS) is 15.9. The van der Waals surface area contributed by atoms with Crippen LogP contribution in [0.4, 0.5) is 0 Å². The summed E-state index contributed by atoms with van der Waals surface area (Å²) in [5.41, 5.74) is 1.85. The van der Waals surface area contributed by atoms with Gasteiger partial charge >= 0.3 is 0 Å². The average Bonchev–Trinajstić information content (AvgIpc) is 2.39. The Kier molecular flexibility index (Phi) is 5.63. The fraction of sp³-hybridized carbons (Fsp3) is 0.500. The number of Topliss-reactive ketones (excluding diaryl/α,β-unsaturated/α-hetero) is 1. The lowest BCUT2D eigenvalue weighted by atomic mass is 9.88. The predicted octanol–water partition coefficient (Wildman–Crippen LogP) is 2.61. The molecule has 0 aliphatic carbocycles. The summed E-state index contributed by atoms with van der Waals surface area (Å²) in [4.78, 5) is 12.4. The first kappa shape index (κ1) is 15.0. The average molecular weight is 270 g/mol. The molecule has 18 heavy (non-hydrogen) atoms. The van der Waals surface area contributed by atoms with Crippen LogP contribution in [-0.2, 0) is 0 Å². The van der Waals surface area contributed by atoms with Crippen LogP contribution in [0.15, 0.2) is 18.2 Å². The van der Waals surface area contributed by atoms with Gasteiger partial charge in [-0.15, -0.1) is 12.4 Å². The number of rotatable bonds is 3. The van der Waals surface area contributed by atoms with Crippen LogP contribution in [0.3, 0.4) is 0 Å². The zero-order valence-corrected chi connectivity index (χ0v) is 11.7. The van der Waals surface area contributed by atoms with E-state index in [1.165, 1.54) is 0 Å². The zero-order chi connectivity index (χ0) is 12.3. The minimum absolute atomic E-state index is 0. The van der Waals surface area contributed by atoms with Crippen molar-refractivity contribution in [3.8, 4) is 5.75 Å². The summed E-state index contributed by atoms with van der Waals surface area (Å²) in [5, 5.41) is 3.28. The second-order valence-electron chi connectivity index (χ2n) is 4.57. The van der Waals surface area contributed by atoms with Crippen molar-refractivity contribution in [3.05, 3.63) is 29.3 Å². The summed E-state index contributed by atoms with van der Waals surface area (Å²) in [6.07, 6.45) is 1.90. The molecule has 0 spiro atoms. The van der Waals surface area contributed by atoms with Crippen molar-refractivity contribution >= 4 is 18.2 Å². The van der Waals surface area contributed by atoms with Crippen LogP contribution in [0.5, 0.6) is 5.75 Å². The van der Waals surface area contributed by atoms with Crippen LogP contribution in [0.25, 0.3) is 0 Å². The van der Waals surface area contributed by atoms with Crippen LogP contribution in [0, 0.1) is 12.8 Å². The fourth-order valence-electron chi connectivity index (χ4n) is 2.34. The van der Waals surface area contributed by atoms with Crippen molar-refractivity contribution in [2.45, 2.75) is 19.8 Å². The number of ether oxygens (including phenoxy) is 1. The van der Waals surface area contributed by atoms with Crippen molar-refractivity contribution in [1.29, 1.82) is 0 Å². The van der Waals surface area contributed by atoms with Gasteiger partial charge in [0.05, 0.1) is 7.11 Å². The number of benzene rings is 1. The van der Waals surface area contributed by atoms with E-state index in [0.717, 1.165) is 42.8 Å². The maximum atomic E-state index is 12.4. The topological polar surface area (TPSA) is 38.3 Å². The van der Waals surface area contributed by atoms with E-state index in [9.17, 15) is 4.79 Å². The molecular formula is C14H20ClNO2. The van der Waals surface area contributed by atoms with E-state index in [1.54, 1.807) is 7.11 Å². The standard InChI is InChI=1S/C14H19NO2.ClH/c1-10-9-12(17-2)3-4-13(10)14(16)11-5-7-15-8-6-11;/h3-4,9,11,15H,5-8H2,1-2H3;1H. The molecule has 3 nitrogen and oxygen atoms in total. The van der Waals surface area contributed by atoms with E-state index < -0.39 is 0 Å². The Morgan fingerprint density at radius 2 is 2.00 bits per heavy atom. The molecule has 1 saturated heterocycles. The van der Waals surface area contributed by atoms with Crippen LogP contribution in [-0.4, -0.2) is 26.0 Å². The number of nitrogens with one attached hydrogen (secondary N) is 1. The first-order chi connectivity index (χ1) is 8.22. The van der Waals surface area contributed by atoms with Gasteiger partial charge in [0.25, 0.3) is 0 Å². The highest BCUT2D eigenvalue weighted by molar-refractivity contribution is 5.99. The molecule has 1 heterocycles. The van der Waals surface area contributed by atoms with Crippen molar-refractivity contribution in [2.75, 3.05) is 20.2 Å². The Bertz CT molecular complexity index is 414. The van der Waals surface area contributed by atoms with E-state index >= 15 is 0 Å². The van der Waals surface area contributed by atoms with E-state index in [0.29, 0.717) is 0 Å². The molecular weight excluding hydrogens is 250 g/mol. The Balaban J connectivity index is 0.00000162. The lowest BCUT2D eigenvalue weighted by Crippen LogP contribution is -2.32. The van der Waals surface area contributed by atoms with Gasteiger partial charge < -0.3 is 10.1 Å². The first-order valence-corrected chi connectivity index (χ1v) is 6.12. The molecule has 0 bridgehead atoms. The third-order valence-corrected chi connectivity index (χ3v) is 3.41. The van der Waals surface area contributed by atoms with E-state index in [-0.39, 0.29) is 24.1 Å². The quantitative estimate of drug-likeness (QED) is 0.858. The van der Waals surface area contributed by atoms with Gasteiger partial charge in [-0.3, -0.25) is 4.79 Å². The highest BCUT2D eigenvalue weighted by Crippen LogP contribution is 2.23. The lowest BCUT2D eigenvalue weighted by Gasteiger charge is -2.22.